The Morgan fingerprint density at radius 2 is 2.14 bits per heavy atom. The molecule has 0 unspecified atom stereocenters. The van der Waals surface area contributed by atoms with Crippen molar-refractivity contribution in [3.8, 4) is 0 Å². The van der Waals surface area contributed by atoms with Crippen LogP contribution in [0.1, 0.15) is 0 Å². The Bertz CT molecular complexity index is 613. The maximum Gasteiger partial charge on any atom is 0.166 e. The van der Waals surface area contributed by atoms with Gasteiger partial charge in [-0.05, 0) is 12.1 Å². The molecule has 5 heteroatoms. The summed E-state index contributed by atoms with van der Waals surface area (Å²) in [4.78, 5) is 12.5. The van der Waals surface area contributed by atoms with Crippen molar-refractivity contribution in [2.24, 2.45) is 0 Å². The van der Waals surface area contributed by atoms with Crippen LogP contribution in [0, 0.1) is 0 Å². The van der Waals surface area contributed by atoms with Gasteiger partial charge in [0.15, 0.2) is 5.65 Å². The van der Waals surface area contributed by atoms with E-state index < -0.39 is 0 Å². The van der Waals surface area contributed by atoms with Gasteiger partial charge in [-0.3, -0.25) is 9.38 Å². The highest BCUT2D eigenvalue weighted by Gasteiger charge is 2.02. The van der Waals surface area contributed by atoms with Crippen molar-refractivity contribution in [2.75, 3.05) is 5.73 Å². The van der Waals surface area contributed by atoms with Gasteiger partial charge < -0.3 is 5.73 Å². The van der Waals surface area contributed by atoms with Crippen molar-refractivity contribution < 1.29 is 0 Å². The van der Waals surface area contributed by atoms with Crippen LogP contribution in [0.4, 0.5) is 5.82 Å². The van der Waals surface area contributed by atoms with Gasteiger partial charge in [0.05, 0.1) is 17.9 Å². The fourth-order valence-electron chi connectivity index (χ4n) is 1.45. The number of hydrogen-bond acceptors (Lipinski definition) is 4. The molecule has 0 aliphatic rings. The molecule has 0 saturated carbocycles. The molecule has 14 heavy (non-hydrogen) atoms. The first-order valence-electron chi connectivity index (χ1n) is 4.18. The van der Waals surface area contributed by atoms with Crippen molar-refractivity contribution in [1.29, 1.82) is 0 Å². The van der Waals surface area contributed by atoms with Crippen molar-refractivity contribution >= 4 is 22.5 Å². The molecule has 0 spiro atoms. The third-order valence-corrected chi connectivity index (χ3v) is 2.11. The zero-order valence-corrected chi connectivity index (χ0v) is 7.25. The predicted octanol–water partition coefficient (Wildman–Crippen LogP) is 0.860. The molecule has 0 aromatic carbocycles. The first-order valence-corrected chi connectivity index (χ1v) is 4.18. The standard InChI is InChI=1S/C9H7N5/c10-8-2-1-7-9(13-8)14-5-11-3-6(14)4-12-7/h1-5H,(H2,10,13). The molecule has 5 nitrogen and oxygen atoms in total. The molecule has 0 bridgehead atoms. The highest BCUT2D eigenvalue weighted by molar-refractivity contribution is 5.75. The minimum atomic E-state index is 0.487. The van der Waals surface area contributed by atoms with Crippen LogP contribution in [0.15, 0.2) is 30.9 Å². The molecule has 0 radical (unpaired) electrons. The molecule has 2 N–H and O–H groups in total. The van der Waals surface area contributed by atoms with Crippen LogP contribution in [0.5, 0.6) is 0 Å². The summed E-state index contributed by atoms with van der Waals surface area (Å²) in [5.74, 6) is 0.487. The van der Waals surface area contributed by atoms with E-state index in [-0.39, 0.29) is 0 Å². The van der Waals surface area contributed by atoms with E-state index >= 15 is 0 Å². The average molecular weight is 185 g/mol. The number of aromatic nitrogens is 4. The van der Waals surface area contributed by atoms with Crippen LogP contribution in [0.2, 0.25) is 0 Å². The van der Waals surface area contributed by atoms with Crippen molar-refractivity contribution in [3.63, 3.8) is 0 Å². The van der Waals surface area contributed by atoms with E-state index in [1.165, 1.54) is 0 Å². The smallest absolute Gasteiger partial charge is 0.166 e. The first kappa shape index (κ1) is 7.25. The summed E-state index contributed by atoms with van der Waals surface area (Å²) in [6.45, 7) is 0. The van der Waals surface area contributed by atoms with Crippen LogP contribution in [-0.4, -0.2) is 19.4 Å². The van der Waals surface area contributed by atoms with Gasteiger partial charge in [-0.15, -0.1) is 0 Å². The third-order valence-electron chi connectivity index (χ3n) is 2.11. The van der Waals surface area contributed by atoms with Crippen LogP contribution < -0.4 is 5.73 Å². The minimum Gasteiger partial charge on any atom is -0.384 e. The monoisotopic (exact) mass is 185 g/mol. The molecule has 0 aliphatic carbocycles. The number of nitrogens with two attached hydrogens (primary N) is 1. The lowest BCUT2D eigenvalue weighted by atomic mass is 10.4. The number of fused-ring (bicyclic) bond motifs is 3. The summed E-state index contributed by atoms with van der Waals surface area (Å²) < 4.78 is 1.86. The molecular formula is C9H7N5. The van der Waals surface area contributed by atoms with Gasteiger partial charge >= 0.3 is 0 Å². The molecule has 3 aromatic heterocycles. The van der Waals surface area contributed by atoms with Gasteiger partial charge in [0.1, 0.15) is 17.7 Å². The number of hydrogen-bond donors (Lipinski definition) is 1. The Balaban J connectivity index is 2.60. The Morgan fingerprint density at radius 3 is 3.07 bits per heavy atom. The molecule has 0 saturated heterocycles. The van der Waals surface area contributed by atoms with Crippen LogP contribution in [0.25, 0.3) is 16.7 Å². The quantitative estimate of drug-likeness (QED) is 0.564. The lowest BCUT2D eigenvalue weighted by Crippen LogP contribution is -1.96. The second-order valence-electron chi connectivity index (χ2n) is 3.03. The maximum atomic E-state index is 5.61. The summed E-state index contributed by atoms with van der Waals surface area (Å²) in [5.41, 5.74) is 8.07. The Kier molecular flexibility index (Phi) is 1.25. The summed E-state index contributed by atoms with van der Waals surface area (Å²) in [6.07, 6.45) is 5.19. The van der Waals surface area contributed by atoms with Crippen molar-refractivity contribution in [3.05, 3.63) is 30.9 Å². The van der Waals surface area contributed by atoms with Gasteiger partial charge in [0.25, 0.3) is 0 Å². The molecule has 3 aromatic rings. The van der Waals surface area contributed by atoms with Gasteiger partial charge in [-0.1, -0.05) is 0 Å². The van der Waals surface area contributed by atoms with E-state index in [1.807, 2.05) is 10.5 Å². The second kappa shape index (κ2) is 2.41. The number of rotatable bonds is 0. The summed E-state index contributed by atoms with van der Waals surface area (Å²) in [7, 11) is 0. The largest absolute Gasteiger partial charge is 0.384 e. The molecule has 0 amide bonds. The average Bonchev–Trinajstić information content (AvgIpc) is 2.65. The van der Waals surface area contributed by atoms with Gasteiger partial charge in [-0.2, -0.15) is 0 Å². The molecule has 0 aliphatic heterocycles. The van der Waals surface area contributed by atoms with Gasteiger partial charge in [0.2, 0.25) is 0 Å². The van der Waals surface area contributed by atoms with Crippen LogP contribution in [0.3, 0.4) is 0 Å². The summed E-state index contributed by atoms with van der Waals surface area (Å²) in [6, 6.07) is 3.58. The van der Waals surface area contributed by atoms with Gasteiger partial charge in [-0.25, -0.2) is 9.97 Å². The van der Waals surface area contributed by atoms with Crippen molar-refractivity contribution in [2.45, 2.75) is 0 Å². The zero-order valence-electron chi connectivity index (χ0n) is 7.25. The Morgan fingerprint density at radius 1 is 1.21 bits per heavy atom. The number of nitrogens with zero attached hydrogens (tertiary/aromatic N) is 4. The van der Waals surface area contributed by atoms with E-state index in [0.717, 1.165) is 16.7 Å². The van der Waals surface area contributed by atoms with E-state index in [1.54, 1.807) is 24.8 Å². The number of nitrogen functional groups attached to an aromatic ring is 1. The molecule has 0 atom stereocenters. The highest BCUT2D eigenvalue weighted by atomic mass is 15.1. The summed E-state index contributed by atoms with van der Waals surface area (Å²) >= 11 is 0. The minimum absolute atomic E-state index is 0.487. The van der Waals surface area contributed by atoms with E-state index in [4.69, 9.17) is 5.73 Å². The fraction of sp³-hybridized carbons (Fsp3) is 0. The molecule has 3 rings (SSSR count). The number of anilines is 1. The maximum absolute atomic E-state index is 5.61. The van der Waals surface area contributed by atoms with E-state index in [9.17, 15) is 0 Å². The second-order valence-corrected chi connectivity index (χ2v) is 3.03. The summed E-state index contributed by atoms with van der Waals surface area (Å²) in [5, 5.41) is 0. The first-order chi connectivity index (χ1) is 6.84. The SMILES string of the molecule is Nc1ccc2ncc3cncn3c2n1. The zero-order chi connectivity index (χ0) is 9.54. The van der Waals surface area contributed by atoms with Crippen molar-refractivity contribution in [1.82, 2.24) is 19.4 Å². The third kappa shape index (κ3) is 0.861. The van der Waals surface area contributed by atoms with Gasteiger partial charge in [0, 0.05) is 0 Å². The lowest BCUT2D eigenvalue weighted by Gasteiger charge is -2.00. The number of imidazole rings is 1. The molecular weight excluding hydrogens is 178 g/mol. The number of pyridine rings is 1. The van der Waals surface area contributed by atoms with Crippen LogP contribution in [-0.2, 0) is 0 Å². The molecule has 3 heterocycles. The highest BCUT2D eigenvalue weighted by Crippen LogP contribution is 2.13. The predicted molar refractivity (Wildman–Crippen MR) is 52.7 cm³/mol. The van der Waals surface area contributed by atoms with E-state index in [2.05, 4.69) is 15.0 Å². The fourth-order valence-corrected chi connectivity index (χ4v) is 1.45. The normalized spacial score (nSPS) is 11.1. The lowest BCUT2D eigenvalue weighted by molar-refractivity contribution is 1.14. The topological polar surface area (TPSA) is 69.1 Å². The molecule has 0 fully saturated rings. The Labute approximate surface area is 79.2 Å². The van der Waals surface area contributed by atoms with Crippen LogP contribution >= 0.6 is 0 Å². The Hall–Kier alpha value is -2.17. The van der Waals surface area contributed by atoms with E-state index in [0.29, 0.717) is 5.82 Å². The molecule has 68 valence electrons.